The first-order valence-corrected chi connectivity index (χ1v) is 12.6. The summed E-state index contributed by atoms with van der Waals surface area (Å²) in [7, 11) is 0. The third-order valence-electron chi connectivity index (χ3n) is 8.14. The minimum absolute atomic E-state index is 0.179. The fourth-order valence-electron chi connectivity index (χ4n) is 6.60. The van der Waals surface area contributed by atoms with Crippen LogP contribution in [0, 0.1) is 10.8 Å². The lowest BCUT2D eigenvalue weighted by molar-refractivity contribution is -0.201. The topological polar surface area (TPSA) is 88.1 Å². The van der Waals surface area contributed by atoms with E-state index in [4.69, 9.17) is 18.9 Å². The summed E-state index contributed by atoms with van der Waals surface area (Å²) >= 11 is 0. The fourth-order valence-corrected chi connectivity index (χ4v) is 6.60. The van der Waals surface area contributed by atoms with Crippen LogP contribution in [0.5, 0.6) is 0 Å². The van der Waals surface area contributed by atoms with Crippen molar-refractivity contribution in [2.45, 2.75) is 95.0 Å². The van der Waals surface area contributed by atoms with E-state index < -0.39 is 5.79 Å². The number of aldehydes is 3. The van der Waals surface area contributed by atoms with E-state index in [9.17, 15) is 14.4 Å². The van der Waals surface area contributed by atoms with Crippen LogP contribution in [0.25, 0.3) is 0 Å². The Morgan fingerprint density at radius 2 is 1.42 bits per heavy atom. The van der Waals surface area contributed by atoms with Crippen LogP contribution in [0.4, 0.5) is 0 Å². The highest BCUT2D eigenvalue weighted by atomic mass is 16.7. The molecule has 0 amide bonds. The standard InChI is InChI=1S/C13H20O4.C13H18O3/c14-7-2-1-4-12(11-15)5-3-6-13(10-12)16-8-9-17-13;14-9-11-2-5-12(8-11)3-1-4-13(10-12)15-6-7-16-13/h7,11H,1-6,8-10H2;8-9H,1-7,10H2/t2*12-/m11/s1. The highest BCUT2D eigenvalue weighted by Gasteiger charge is 2.49. The van der Waals surface area contributed by atoms with Gasteiger partial charge >= 0.3 is 0 Å². The molecule has 3 aliphatic carbocycles. The molecule has 2 heterocycles. The Balaban J connectivity index is 0.000000157. The van der Waals surface area contributed by atoms with E-state index in [1.54, 1.807) is 0 Å². The van der Waals surface area contributed by atoms with Gasteiger partial charge in [0.1, 0.15) is 18.9 Å². The third-order valence-corrected chi connectivity index (χ3v) is 8.14. The van der Waals surface area contributed by atoms with Gasteiger partial charge in [-0.05, 0) is 62.4 Å². The van der Waals surface area contributed by atoms with E-state index in [0.717, 1.165) is 102 Å². The van der Waals surface area contributed by atoms with Gasteiger partial charge in [-0.25, -0.2) is 0 Å². The predicted molar refractivity (Wildman–Crippen MR) is 120 cm³/mol. The van der Waals surface area contributed by atoms with E-state index in [1.807, 2.05) is 0 Å². The first kappa shape index (κ1) is 24.7. The Hall–Kier alpha value is -1.41. The third kappa shape index (κ3) is 5.64. The van der Waals surface area contributed by atoms with Gasteiger partial charge in [-0.2, -0.15) is 0 Å². The van der Waals surface area contributed by atoms with Crippen molar-refractivity contribution in [3.63, 3.8) is 0 Å². The van der Waals surface area contributed by atoms with Crippen LogP contribution in [0.1, 0.15) is 83.5 Å². The second kappa shape index (κ2) is 10.5. The number of carbonyl (C=O) groups excluding carboxylic acids is 3. The first-order chi connectivity index (χ1) is 16.0. The van der Waals surface area contributed by atoms with Crippen LogP contribution in [0.15, 0.2) is 11.6 Å². The molecule has 0 aromatic heterocycles. The van der Waals surface area contributed by atoms with Gasteiger partial charge in [0.25, 0.3) is 0 Å². The highest BCUT2D eigenvalue weighted by Crippen LogP contribution is 2.52. The van der Waals surface area contributed by atoms with E-state index in [-0.39, 0.29) is 16.6 Å². The summed E-state index contributed by atoms with van der Waals surface area (Å²) in [5.41, 5.74) is 0.805. The number of carbonyl (C=O) groups is 3. The number of ether oxygens (including phenoxy) is 4. The Labute approximate surface area is 196 Å². The van der Waals surface area contributed by atoms with Crippen LogP contribution in [-0.4, -0.2) is 56.9 Å². The van der Waals surface area contributed by atoms with Gasteiger partial charge in [-0.3, -0.25) is 4.79 Å². The molecule has 2 aliphatic heterocycles. The highest BCUT2D eigenvalue weighted by molar-refractivity contribution is 5.74. The zero-order valence-electron chi connectivity index (χ0n) is 19.7. The maximum atomic E-state index is 11.4. The van der Waals surface area contributed by atoms with Gasteiger partial charge in [0.2, 0.25) is 0 Å². The van der Waals surface area contributed by atoms with Crippen LogP contribution in [0.3, 0.4) is 0 Å². The molecule has 3 spiro atoms. The molecule has 2 saturated heterocycles. The minimum Gasteiger partial charge on any atom is -0.348 e. The summed E-state index contributed by atoms with van der Waals surface area (Å²) in [6, 6.07) is 0. The predicted octanol–water partition coefficient (Wildman–Crippen LogP) is 4.07. The zero-order valence-corrected chi connectivity index (χ0v) is 19.7. The maximum absolute atomic E-state index is 11.4. The van der Waals surface area contributed by atoms with Gasteiger partial charge in [0.15, 0.2) is 11.6 Å². The fraction of sp³-hybridized carbons (Fsp3) is 0.808. The summed E-state index contributed by atoms with van der Waals surface area (Å²) < 4.78 is 23.0. The number of hydrogen-bond donors (Lipinski definition) is 0. The Morgan fingerprint density at radius 1 is 0.788 bits per heavy atom. The summed E-state index contributed by atoms with van der Waals surface area (Å²) in [5, 5.41) is 0. The Bertz CT molecular complexity index is 735. The van der Waals surface area contributed by atoms with Gasteiger partial charge in [-0.1, -0.05) is 6.08 Å². The molecule has 5 rings (SSSR count). The molecule has 0 aromatic rings. The lowest BCUT2D eigenvalue weighted by atomic mass is 9.69. The average Bonchev–Trinajstić information content (AvgIpc) is 3.56. The van der Waals surface area contributed by atoms with E-state index in [1.165, 1.54) is 6.42 Å². The lowest BCUT2D eigenvalue weighted by Gasteiger charge is -2.42. The van der Waals surface area contributed by atoms with Crippen LogP contribution >= 0.6 is 0 Å². The molecule has 2 saturated carbocycles. The molecule has 7 nitrogen and oxygen atoms in total. The number of hydrogen-bond acceptors (Lipinski definition) is 7. The molecular weight excluding hydrogens is 424 g/mol. The molecule has 5 aliphatic rings. The van der Waals surface area contributed by atoms with Crippen molar-refractivity contribution >= 4 is 18.9 Å². The number of rotatable bonds is 6. The Morgan fingerprint density at radius 3 is 2.00 bits per heavy atom. The molecule has 2 atom stereocenters. The van der Waals surface area contributed by atoms with Gasteiger partial charge in [0.05, 0.1) is 26.4 Å². The van der Waals surface area contributed by atoms with Crippen LogP contribution in [0.2, 0.25) is 0 Å². The first-order valence-electron chi connectivity index (χ1n) is 12.6. The van der Waals surface area contributed by atoms with Crippen molar-refractivity contribution < 1.29 is 33.3 Å². The molecular formula is C26H38O7. The van der Waals surface area contributed by atoms with E-state index >= 15 is 0 Å². The maximum Gasteiger partial charge on any atom is 0.169 e. The van der Waals surface area contributed by atoms with Crippen molar-refractivity contribution in [3.8, 4) is 0 Å². The largest absolute Gasteiger partial charge is 0.348 e. The van der Waals surface area contributed by atoms with Crippen molar-refractivity contribution in [2.24, 2.45) is 10.8 Å². The van der Waals surface area contributed by atoms with E-state index in [2.05, 4.69) is 6.08 Å². The van der Waals surface area contributed by atoms with Crippen LogP contribution < -0.4 is 0 Å². The molecule has 0 unspecified atom stereocenters. The minimum atomic E-state index is -0.514. The van der Waals surface area contributed by atoms with Crippen molar-refractivity contribution in [2.75, 3.05) is 26.4 Å². The summed E-state index contributed by atoms with van der Waals surface area (Å²) in [5.74, 6) is -0.840. The molecule has 0 N–H and O–H groups in total. The monoisotopic (exact) mass is 462 g/mol. The molecule has 33 heavy (non-hydrogen) atoms. The Kier molecular flexibility index (Phi) is 7.83. The second-order valence-electron chi connectivity index (χ2n) is 10.5. The quantitative estimate of drug-likeness (QED) is 0.434. The van der Waals surface area contributed by atoms with Gasteiger partial charge in [-0.15, -0.1) is 0 Å². The number of allylic oxidation sites excluding steroid dienone is 2. The molecule has 4 fully saturated rings. The van der Waals surface area contributed by atoms with Crippen molar-refractivity contribution in [1.82, 2.24) is 0 Å². The lowest BCUT2D eigenvalue weighted by Crippen LogP contribution is -2.43. The molecule has 184 valence electrons. The zero-order chi connectivity index (χ0) is 23.3. The summed E-state index contributed by atoms with van der Waals surface area (Å²) in [6.07, 6.45) is 16.9. The smallest absolute Gasteiger partial charge is 0.169 e. The molecule has 0 radical (unpaired) electrons. The normalized spacial score (nSPS) is 34.1. The van der Waals surface area contributed by atoms with E-state index in [0.29, 0.717) is 26.1 Å². The summed E-state index contributed by atoms with van der Waals surface area (Å²) in [6.45, 7) is 2.70. The molecule has 0 aromatic carbocycles. The molecule has 7 heteroatoms. The molecule has 0 bridgehead atoms. The van der Waals surface area contributed by atoms with Crippen LogP contribution in [-0.2, 0) is 33.3 Å². The second-order valence-corrected chi connectivity index (χ2v) is 10.5. The van der Waals surface area contributed by atoms with Crippen molar-refractivity contribution in [1.29, 1.82) is 0 Å². The average molecular weight is 463 g/mol. The SMILES string of the molecule is O=CC1=C[C@@]2(CCCC3(C2)OCCO3)CC1.O=CCCC[C@@]1(C=O)CCCC2(C1)OCCO2. The van der Waals surface area contributed by atoms with Crippen molar-refractivity contribution in [3.05, 3.63) is 11.6 Å². The van der Waals surface area contributed by atoms with Gasteiger partial charge in [0, 0.05) is 37.5 Å². The van der Waals surface area contributed by atoms with Gasteiger partial charge < -0.3 is 28.5 Å². The summed E-state index contributed by atoms with van der Waals surface area (Å²) in [4.78, 5) is 32.6. The number of unbranched alkanes of at least 4 members (excludes halogenated alkanes) is 1.